The van der Waals surface area contributed by atoms with Gasteiger partial charge in [0, 0.05) is 24.7 Å². The van der Waals surface area contributed by atoms with Gasteiger partial charge in [-0.2, -0.15) is 0 Å². The van der Waals surface area contributed by atoms with Crippen LogP contribution in [0.5, 0.6) is 0 Å². The van der Waals surface area contributed by atoms with E-state index in [9.17, 15) is 9.59 Å². The number of nitrogens with one attached hydrogen (secondary N) is 1. The first kappa shape index (κ1) is 17.4. The van der Waals surface area contributed by atoms with Gasteiger partial charge in [0.05, 0.1) is 0 Å². The number of para-hydroxylation sites is 1. The number of carbonyl (C=O) groups excluding carboxylic acids is 2. The number of rotatable bonds is 2. The average molecular weight is 356 g/mol. The monoisotopic (exact) mass is 356 g/mol. The smallest absolute Gasteiger partial charge is 0.411 e. The molecule has 1 saturated carbocycles. The fourth-order valence-corrected chi connectivity index (χ4v) is 5.29. The number of benzene rings is 1. The van der Waals surface area contributed by atoms with Crippen LogP contribution in [0.25, 0.3) is 0 Å². The van der Waals surface area contributed by atoms with Crippen molar-refractivity contribution >= 4 is 17.7 Å². The number of hydrogen-bond donors (Lipinski definition) is 1. The van der Waals surface area contributed by atoms with E-state index in [0.29, 0.717) is 30.2 Å². The van der Waals surface area contributed by atoms with Crippen molar-refractivity contribution in [3.63, 3.8) is 0 Å². The third kappa shape index (κ3) is 3.19. The van der Waals surface area contributed by atoms with Gasteiger partial charge in [0.15, 0.2) is 0 Å². The molecule has 0 aromatic heterocycles. The van der Waals surface area contributed by atoms with E-state index < -0.39 is 0 Å². The molecule has 1 aliphatic carbocycles. The average Bonchev–Trinajstić information content (AvgIpc) is 2.99. The second kappa shape index (κ2) is 6.60. The van der Waals surface area contributed by atoms with Crippen molar-refractivity contribution in [3.05, 3.63) is 30.3 Å². The minimum atomic E-state index is -0.378. The summed E-state index contributed by atoms with van der Waals surface area (Å²) in [7, 11) is 0. The summed E-state index contributed by atoms with van der Waals surface area (Å²) in [5.74, 6) is 1.16. The molecule has 26 heavy (non-hydrogen) atoms. The summed E-state index contributed by atoms with van der Waals surface area (Å²) in [6.45, 7) is 5.41. The van der Waals surface area contributed by atoms with Gasteiger partial charge in [0.1, 0.15) is 6.10 Å². The lowest BCUT2D eigenvalue weighted by Crippen LogP contribution is -2.50. The Labute approximate surface area is 155 Å². The molecule has 0 spiro atoms. The Morgan fingerprint density at radius 3 is 2.77 bits per heavy atom. The zero-order valence-corrected chi connectivity index (χ0v) is 15.6. The highest BCUT2D eigenvalue weighted by molar-refractivity contribution is 5.84. The van der Waals surface area contributed by atoms with Crippen LogP contribution in [0.2, 0.25) is 0 Å². The largest absolute Gasteiger partial charge is 0.446 e. The van der Waals surface area contributed by atoms with Crippen molar-refractivity contribution in [2.24, 2.45) is 17.3 Å². The fraction of sp³-hybridized carbons (Fsp3) is 0.619. The standard InChI is InChI=1S/C21H28N2O3/c1-21(2)10-8-18(24)23-11-9-14-12-16(13-17(21)19(14)23)26-20(25)22-15-6-4-3-5-7-15/h3-7,14,16-17,19H,8-13H2,1-2H3,(H,22,25)/t14-,16-,17+,19-/m0/s1. The highest BCUT2D eigenvalue weighted by Crippen LogP contribution is 2.51. The molecule has 4 atom stereocenters. The Kier molecular flexibility index (Phi) is 4.41. The molecule has 3 fully saturated rings. The van der Waals surface area contributed by atoms with Gasteiger partial charge in [-0.25, -0.2) is 4.79 Å². The van der Waals surface area contributed by atoms with Crippen molar-refractivity contribution in [1.82, 2.24) is 4.90 Å². The Balaban J connectivity index is 1.47. The van der Waals surface area contributed by atoms with Gasteiger partial charge in [-0.3, -0.25) is 10.1 Å². The van der Waals surface area contributed by atoms with Crippen molar-refractivity contribution < 1.29 is 14.3 Å². The predicted octanol–water partition coefficient (Wildman–Crippen LogP) is 4.05. The molecule has 0 unspecified atom stereocenters. The normalized spacial score (nSPS) is 32.5. The second-order valence-corrected chi connectivity index (χ2v) is 8.71. The molecule has 140 valence electrons. The lowest BCUT2D eigenvalue weighted by molar-refractivity contribution is -0.133. The van der Waals surface area contributed by atoms with E-state index in [1.807, 2.05) is 30.3 Å². The molecule has 5 heteroatoms. The Morgan fingerprint density at radius 2 is 2.00 bits per heavy atom. The van der Waals surface area contributed by atoms with Gasteiger partial charge < -0.3 is 9.64 Å². The van der Waals surface area contributed by atoms with E-state index in [1.54, 1.807) is 0 Å². The number of ether oxygens (including phenoxy) is 1. The second-order valence-electron chi connectivity index (χ2n) is 8.71. The molecule has 1 N–H and O–H groups in total. The third-order valence-corrected chi connectivity index (χ3v) is 6.68. The molecule has 3 aliphatic rings. The minimum absolute atomic E-state index is 0.0719. The van der Waals surface area contributed by atoms with Gasteiger partial charge >= 0.3 is 6.09 Å². The quantitative estimate of drug-likeness (QED) is 0.870. The summed E-state index contributed by atoms with van der Waals surface area (Å²) in [6.07, 6.45) is 3.85. The van der Waals surface area contributed by atoms with Crippen LogP contribution in [-0.4, -0.2) is 35.6 Å². The van der Waals surface area contributed by atoms with Crippen LogP contribution < -0.4 is 5.32 Å². The van der Waals surface area contributed by atoms with Crippen LogP contribution in [0.1, 0.15) is 46.0 Å². The number of carbonyl (C=O) groups is 2. The van der Waals surface area contributed by atoms with Crippen LogP contribution >= 0.6 is 0 Å². The Hall–Kier alpha value is -2.04. The van der Waals surface area contributed by atoms with Crippen molar-refractivity contribution in [2.45, 2.75) is 58.1 Å². The molecule has 0 radical (unpaired) electrons. The molecular weight excluding hydrogens is 328 g/mol. The summed E-state index contributed by atoms with van der Waals surface area (Å²) in [5.41, 5.74) is 0.842. The molecule has 0 bridgehead atoms. The molecule has 2 amide bonds. The molecule has 1 aromatic carbocycles. The molecule has 1 aromatic rings. The van der Waals surface area contributed by atoms with Gasteiger partial charge in [0.25, 0.3) is 0 Å². The SMILES string of the molecule is CC1(C)CCC(=O)N2CC[C@H]3C[C@H](OC(=O)Nc4ccccc4)C[C@@H]1[C@H]32. The zero-order chi connectivity index (χ0) is 18.3. The Morgan fingerprint density at radius 1 is 1.23 bits per heavy atom. The predicted molar refractivity (Wildman–Crippen MR) is 99.7 cm³/mol. The number of amides is 2. The highest BCUT2D eigenvalue weighted by Gasteiger charge is 2.53. The number of nitrogens with zero attached hydrogens (tertiary/aromatic N) is 1. The van der Waals surface area contributed by atoms with Crippen molar-refractivity contribution in [3.8, 4) is 0 Å². The van der Waals surface area contributed by atoms with E-state index in [0.717, 1.165) is 37.9 Å². The fourth-order valence-electron chi connectivity index (χ4n) is 5.29. The Bertz CT molecular complexity index is 688. The van der Waals surface area contributed by atoms with Gasteiger partial charge in [-0.1, -0.05) is 32.0 Å². The van der Waals surface area contributed by atoms with Crippen LogP contribution in [0.4, 0.5) is 10.5 Å². The minimum Gasteiger partial charge on any atom is -0.446 e. The molecule has 4 rings (SSSR count). The van der Waals surface area contributed by atoms with Gasteiger partial charge in [-0.15, -0.1) is 0 Å². The topological polar surface area (TPSA) is 58.6 Å². The molecule has 2 heterocycles. The van der Waals surface area contributed by atoms with Crippen molar-refractivity contribution in [1.29, 1.82) is 0 Å². The maximum absolute atomic E-state index is 12.5. The molecular formula is C21H28N2O3. The van der Waals surface area contributed by atoms with E-state index in [2.05, 4.69) is 24.1 Å². The maximum Gasteiger partial charge on any atom is 0.411 e. The van der Waals surface area contributed by atoms with Crippen molar-refractivity contribution in [2.75, 3.05) is 11.9 Å². The third-order valence-electron chi connectivity index (χ3n) is 6.68. The molecule has 2 aliphatic heterocycles. The first-order chi connectivity index (χ1) is 12.4. The lowest BCUT2D eigenvalue weighted by Gasteiger charge is -2.46. The van der Waals surface area contributed by atoms with Gasteiger partial charge in [-0.05, 0) is 55.1 Å². The number of anilines is 1. The van der Waals surface area contributed by atoms with E-state index in [1.165, 1.54) is 0 Å². The van der Waals surface area contributed by atoms with Gasteiger partial charge in [0.2, 0.25) is 5.91 Å². The first-order valence-electron chi connectivity index (χ1n) is 9.76. The van der Waals surface area contributed by atoms with E-state index in [4.69, 9.17) is 4.74 Å². The van der Waals surface area contributed by atoms with E-state index in [-0.39, 0.29) is 17.6 Å². The summed E-state index contributed by atoms with van der Waals surface area (Å²) in [6, 6.07) is 9.73. The summed E-state index contributed by atoms with van der Waals surface area (Å²) in [5, 5.41) is 2.82. The number of hydrogen-bond acceptors (Lipinski definition) is 3. The first-order valence-corrected chi connectivity index (χ1v) is 9.76. The molecule has 2 saturated heterocycles. The van der Waals surface area contributed by atoms with Crippen LogP contribution in [0.3, 0.4) is 0 Å². The van der Waals surface area contributed by atoms with Crippen LogP contribution in [0.15, 0.2) is 30.3 Å². The highest BCUT2D eigenvalue weighted by atomic mass is 16.6. The van der Waals surface area contributed by atoms with Crippen LogP contribution in [-0.2, 0) is 9.53 Å². The zero-order valence-electron chi connectivity index (χ0n) is 15.6. The van der Waals surface area contributed by atoms with Crippen LogP contribution in [0, 0.1) is 17.3 Å². The maximum atomic E-state index is 12.5. The summed E-state index contributed by atoms with van der Waals surface area (Å²) in [4.78, 5) is 27.0. The van der Waals surface area contributed by atoms with E-state index >= 15 is 0 Å². The summed E-state index contributed by atoms with van der Waals surface area (Å²) >= 11 is 0. The summed E-state index contributed by atoms with van der Waals surface area (Å²) < 4.78 is 5.80. The molecule has 5 nitrogen and oxygen atoms in total. The lowest BCUT2D eigenvalue weighted by atomic mass is 9.64.